The van der Waals surface area contributed by atoms with Crippen molar-refractivity contribution in [2.75, 3.05) is 50.0 Å². The largest absolute Gasteiger partial charge is 0.496 e. The Morgan fingerprint density at radius 3 is 2.19 bits per heavy atom. The van der Waals surface area contributed by atoms with Gasteiger partial charge in [0.25, 0.3) is 5.69 Å². The third-order valence-electron chi connectivity index (χ3n) is 7.11. The second-order valence-corrected chi connectivity index (χ2v) is 10.7. The van der Waals surface area contributed by atoms with E-state index in [1.165, 1.54) is 61.7 Å². The van der Waals surface area contributed by atoms with Gasteiger partial charge in [0.2, 0.25) is 0 Å². The van der Waals surface area contributed by atoms with Gasteiger partial charge in [-0.05, 0) is 61.0 Å². The molecule has 0 atom stereocenters. The molecule has 0 fully saturated rings. The lowest BCUT2D eigenvalue weighted by molar-refractivity contribution is -0.384. The molecule has 0 aliphatic heterocycles. The number of rotatable bonds is 16. The first-order valence-electron chi connectivity index (χ1n) is 15.2. The summed E-state index contributed by atoms with van der Waals surface area (Å²) in [7, 11) is 5.22. The van der Waals surface area contributed by atoms with Crippen molar-refractivity contribution in [3.05, 3.63) is 106 Å². The Balaban J connectivity index is 1.36. The number of benzene rings is 4. The van der Waals surface area contributed by atoms with Crippen LogP contribution in [-0.2, 0) is 0 Å². The Labute approximate surface area is 277 Å². The topological polar surface area (TPSA) is 142 Å². The van der Waals surface area contributed by atoms with Gasteiger partial charge in [0.15, 0.2) is 0 Å². The van der Waals surface area contributed by atoms with E-state index in [1.807, 2.05) is 37.2 Å². The lowest BCUT2D eigenvalue weighted by Gasteiger charge is -2.18. The van der Waals surface area contributed by atoms with Gasteiger partial charge < -0.3 is 34.5 Å². The number of hydrogen-bond donors (Lipinski definition) is 2. The van der Waals surface area contributed by atoms with E-state index in [0.29, 0.717) is 12.3 Å². The summed E-state index contributed by atoms with van der Waals surface area (Å²) in [5.74, 6) is -1.71. The summed E-state index contributed by atoms with van der Waals surface area (Å²) < 4.78 is 36.9. The molecule has 0 saturated heterocycles. The third-order valence-corrected chi connectivity index (χ3v) is 7.11. The SMILES string of the molecule is CCCCCOc1cc(N(C)C)ccc1NCNc1ccc(C(=O)Oc2ccc(C(=O)Oc3ccc([N+](=O)[O-])cc3)c(OC)c2)c(F)c1. The number of nitrogens with one attached hydrogen (secondary N) is 2. The average molecular weight is 661 g/mol. The van der Waals surface area contributed by atoms with E-state index in [4.69, 9.17) is 18.9 Å². The van der Waals surface area contributed by atoms with Gasteiger partial charge in [-0.1, -0.05) is 19.8 Å². The summed E-state index contributed by atoms with van der Waals surface area (Å²) in [5, 5.41) is 17.2. The van der Waals surface area contributed by atoms with E-state index in [1.54, 1.807) is 6.07 Å². The fourth-order valence-electron chi connectivity index (χ4n) is 4.48. The maximum absolute atomic E-state index is 15.0. The third kappa shape index (κ3) is 9.34. The molecule has 4 aromatic rings. The zero-order valence-corrected chi connectivity index (χ0v) is 27.1. The maximum atomic E-state index is 15.0. The molecule has 4 aromatic carbocycles. The molecular weight excluding hydrogens is 623 g/mol. The minimum atomic E-state index is -0.953. The van der Waals surface area contributed by atoms with E-state index in [9.17, 15) is 19.7 Å². The molecule has 12 nitrogen and oxygen atoms in total. The molecule has 48 heavy (non-hydrogen) atoms. The quantitative estimate of drug-likeness (QED) is 0.0312. The highest BCUT2D eigenvalue weighted by Crippen LogP contribution is 2.30. The van der Waals surface area contributed by atoms with Gasteiger partial charge in [-0.2, -0.15) is 0 Å². The number of nitrogens with zero attached hydrogens (tertiary/aromatic N) is 2. The zero-order valence-electron chi connectivity index (χ0n) is 27.1. The second-order valence-electron chi connectivity index (χ2n) is 10.7. The molecule has 0 amide bonds. The number of ether oxygens (including phenoxy) is 4. The summed E-state index contributed by atoms with van der Waals surface area (Å²) in [5.41, 5.74) is 1.78. The molecule has 0 saturated carbocycles. The predicted molar refractivity (Wildman–Crippen MR) is 180 cm³/mol. The minimum Gasteiger partial charge on any atom is -0.496 e. The molecule has 0 heterocycles. The standard InChI is InChI=1S/C35H37FN4O8/c1-5-6-7-18-46-33-20-25(39(2)3)11-17-31(33)38-22-37-23-8-15-28(30(36)19-23)34(41)48-27-14-16-29(32(21-27)45-4)35(42)47-26-12-9-24(10-13-26)40(43)44/h8-17,19-21,37-38H,5-7,18,22H2,1-4H3. The first-order chi connectivity index (χ1) is 23.1. The van der Waals surface area contributed by atoms with Gasteiger partial charge in [-0.25, -0.2) is 14.0 Å². The number of halogens is 1. The summed E-state index contributed by atoms with van der Waals surface area (Å²) in [4.78, 5) is 37.8. The van der Waals surface area contributed by atoms with E-state index in [0.717, 1.165) is 36.4 Å². The highest BCUT2D eigenvalue weighted by molar-refractivity contribution is 5.95. The Morgan fingerprint density at radius 2 is 1.52 bits per heavy atom. The van der Waals surface area contributed by atoms with Crippen LogP contribution in [-0.4, -0.2) is 51.3 Å². The number of nitro benzene ring substituents is 1. The van der Waals surface area contributed by atoms with Crippen LogP contribution in [0.3, 0.4) is 0 Å². The number of non-ortho nitro benzene ring substituents is 1. The molecule has 0 bridgehead atoms. The Bertz CT molecular complexity index is 1750. The molecule has 2 N–H and O–H groups in total. The van der Waals surface area contributed by atoms with Crippen molar-refractivity contribution in [2.24, 2.45) is 0 Å². The van der Waals surface area contributed by atoms with E-state index < -0.39 is 22.7 Å². The molecule has 252 valence electrons. The second kappa shape index (κ2) is 16.6. The van der Waals surface area contributed by atoms with Crippen LogP contribution in [0.2, 0.25) is 0 Å². The highest BCUT2D eigenvalue weighted by atomic mass is 19.1. The van der Waals surface area contributed by atoms with Crippen molar-refractivity contribution in [2.45, 2.75) is 26.2 Å². The molecule has 0 spiro atoms. The van der Waals surface area contributed by atoms with E-state index in [-0.39, 0.29) is 40.7 Å². The van der Waals surface area contributed by atoms with E-state index in [2.05, 4.69) is 17.6 Å². The Morgan fingerprint density at radius 1 is 0.833 bits per heavy atom. The molecule has 4 rings (SSSR count). The number of hydrogen-bond acceptors (Lipinski definition) is 11. The van der Waals surface area contributed by atoms with Gasteiger partial charge in [-0.3, -0.25) is 10.1 Å². The molecule has 13 heteroatoms. The van der Waals surface area contributed by atoms with Crippen LogP contribution >= 0.6 is 0 Å². The van der Waals surface area contributed by atoms with Gasteiger partial charge in [0, 0.05) is 49.7 Å². The lowest BCUT2D eigenvalue weighted by atomic mass is 10.1. The number of carbonyl (C=O) groups excluding carboxylic acids is 2. The van der Waals surface area contributed by atoms with Crippen LogP contribution in [0.1, 0.15) is 46.9 Å². The Hall–Kier alpha value is -5.85. The van der Waals surface area contributed by atoms with Crippen LogP contribution in [0.25, 0.3) is 0 Å². The first-order valence-corrected chi connectivity index (χ1v) is 15.2. The van der Waals surface area contributed by atoms with Crippen molar-refractivity contribution in [1.29, 1.82) is 0 Å². The zero-order chi connectivity index (χ0) is 34.6. The number of nitro groups is 1. The van der Waals surface area contributed by atoms with Crippen molar-refractivity contribution < 1.29 is 37.9 Å². The van der Waals surface area contributed by atoms with Crippen LogP contribution < -0.4 is 34.5 Å². The van der Waals surface area contributed by atoms with Crippen molar-refractivity contribution in [3.63, 3.8) is 0 Å². The summed E-state index contributed by atoms with van der Waals surface area (Å²) in [6.45, 7) is 2.99. The van der Waals surface area contributed by atoms with Crippen molar-refractivity contribution >= 4 is 34.7 Å². The normalized spacial score (nSPS) is 10.5. The summed E-state index contributed by atoms with van der Waals surface area (Å²) in [6.07, 6.45) is 3.13. The lowest BCUT2D eigenvalue weighted by Crippen LogP contribution is -2.15. The van der Waals surface area contributed by atoms with Gasteiger partial charge >= 0.3 is 11.9 Å². The first kappa shape index (κ1) is 35.0. The van der Waals surface area contributed by atoms with Gasteiger partial charge in [0.05, 0.1) is 36.6 Å². The molecule has 0 unspecified atom stereocenters. The fourth-order valence-corrected chi connectivity index (χ4v) is 4.48. The smallest absolute Gasteiger partial charge is 0.347 e. The molecular formula is C35H37FN4O8. The summed E-state index contributed by atoms with van der Waals surface area (Å²) >= 11 is 0. The van der Waals surface area contributed by atoms with Gasteiger partial charge in [-0.15, -0.1) is 0 Å². The summed E-state index contributed by atoms with van der Waals surface area (Å²) in [6, 6.07) is 18.8. The van der Waals surface area contributed by atoms with Crippen LogP contribution in [0.15, 0.2) is 78.9 Å². The Kier molecular flexibility index (Phi) is 12.1. The molecule has 0 aromatic heterocycles. The van der Waals surface area contributed by atoms with Crippen LogP contribution in [0.5, 0.6) is 23.0 Å². The van der Waals surface area contributed by atoms with Crippen molar-refractivity contribution in [3.8, 4) is 23.0 Å². The number of esters is 2. The monoisotopic (exact) mass is 660 g/mol. The minimum absolute atomic E-state index is 0.00235. The van der Waals surface area contributed by atoms with Crippen molar-refractivity contribution in [1.82, 2.24) is 0 Å². The average Bonchev–Trinajstić information content (AvgIpc) is 3.07. The van der Waals surface area contributed by atoms with Gasteiger partial charge in [0.1, 0.15) is 34.4 Å². The number of unbranched alkanes of at least 4 members (excludes halogenated alkanes) is 2. The number of anilines is 3. The van der Waals surface area contributed by atoms with Crippen LogP contribution in [0.4, 0.5) is 27.1 Å². The molecule has 0 aliphatic carbocycles. The number of carbonyl (C=O) groups is 2. The fraction of sp³-hybridized carbons (Fsp3) is 0.257. The van der Waals surface area contributed by atoms with E-state index >= 15 is 4.39 Å². The predicted octanol–water partition coefficient (Wildman–Crippen LogP) is 7.30. The van der Waals surface area contributed by atoms with Crippen LogP contribution in [0, 0.1) is 15.9 Å². The molecule has 0 radical (unpaired) electrons. The molecule has 0 aliphatic rings. The highest BCUT2D eigenvalue weighted by Gasteiger charge is 2.20. The maximum Gasteiger partial charge on any atom is 0.347 e. The number of methoxy groups -OCH3 is 1.